The predicted molar refractivity (Wildman–Crippen MR) is 97.7 cm³/mol. The summed E-state index contributed by atoms with van der Waals surface area (Å²) in [5.74, 6) is -0.351. The number of rotatable bonds is 5. The van der Waals surface area contributed by atoms with Crippen LogP contribution in [0.4, 0.5) is 0 Å². The van der Waals surface area contributed by atoms with Crippen molar-refractivity contribution in [2.75, 3.05) is 6.61 Å². The molecule has 0 aliphatic rings. The number of fused-ring (bicyclic) bond motifs is 1. The Labute approximate surface area is 142 Å². The Kier molecular flexibility index (Phi) is 4.92. The lowest BCUT2D eigenvalue weighted by Gasteiger charge is -2.11. The van der Waals surface area contributed by atoms with Crippen molar-refractivity contribution < 1.29 is 9.53 Å². The number of esters is 1. The highest BCUT2D eigenvalue weighted by molar-refractivity contribution is 5.87. The SMILES string of the molecule is CCOC(=O)C(N)Cc1ccc(-c2ccc3ccccc3c2)cc1. The fourth-order valence-electron chi connectivity index (χ4n) is 2.79. The first-order valence-electron chi connectivity index (χ1n) is 8.17. The summed E-state index contributed by atoms with van der Waals surface area (Å²) in [7, 11) is 0. The Hall–Kier alpha value is -2.65. The lowest BCUT2D eigenvalue weighted by molar-refractivity contribution is -0.144. The van der Waals surface area contributed by atoms with Gasteiger partial charge in [0.25, 0.3) is 0 Å². The largest absolute Gasteiger partial charge is 0.465 e. The van der Waals surface area contributed by atoms with E-state index in [1.807, 2.05) is 24.3 Å². The minimum absolute atomic E-state index is 0.351. The van der Waals surface area contributed by atoms with E-state index in [0.717, 1.165) is 11.1 Å². The van der Waals surface area contributed by atoms with Crippen LogP contribution in [0.25, 0.3) is 21.9 Å². The van der Waals surface area contributed by atoms with Crippen LogP contribution in [-0.2, 0) is 16.0 Å². The third-order valence-corrected chi connectivity index (χ3v) is 4.08. The molecule has 2 N–H and O–H groups in total. The van der Waals surface area contributed by atoms with E-state index in [4.69, 9.17) is 10.5 Å². The summed E-state index contributed by atoms with van der Waals surface area (Å²) >= 11 is 0. The lowest BCUT2D eigenvalue weighted by Crippen LogP contribution is -2.34. The van der Waals surface area contributed by atoms with Gasteiger partial charge in [0, 0.05) is 0 Å². The fraction of sp³-hybridized carbons (Fsp3) is 0.190. The summed E-state index contributed by atoms with van der Waals surface area (Å²) in [6.07, 6.45) is 0.483. The van der Waals surface area contributed by atoms with Crippen molar-refractivity contribution >= 4 is 16.7 Å². The topological polar surface area (TPSA) is 52.3 Å². The van der Waals surface area contributed by atoms with Crippen molar-refractivity contribution in [1.29, 1.82) is 0 Å². The molecular formula is C21H21NO2. The van der Waals surface area contributed by atoms with Gasteiger partial charge in [-0.1, -0.05) is 60.7 Å². The van der Waals surface area contributed by atoms with Crippen LogP contribution in [0.1, 0.15) is 12.5 Å². The summed E-state index contributed by atoms with van der Waals surface area (Å²) in [5.41, 5.74) is 9.22. The summed E-state index contributed by atoms with van der Waals surface area (Å²) < 4.78 is 4.95. The Bertz CT molecular complexity index is 840. The minimum Gasteiger partial charge on any atom is -0.465 e. The van der Waals surface area contributed by atoms with Crippen LogP contribution in [0.15, 0.2) is 66.7 Å². The molecule has 1 unspecified atom stereocenters. The zero-order chi connectivity index (χ0) is 16.9. The number of carbonyl (C=O) groups excluding carboxylic acids is 1. The van der Waals surface area contributed by atoms with Crippen LogP contribution >= 0.6 is 0 Å². The first-order valence-corrected chi connectivity index (χ1v) is 8.17. The maximum Gasteiger partial charge on any atom is 0.323 e. The van der Waals surface area contributed by atoms with E-state index >= 15 is 0 Å². The second-order valence-electron chi connectivity index (χ2n) is 5.82. The Balaban J connectivity index is 1.77. The monoisotopic (exact) mass is 319 g/mol. The van der Waals surface area contributed by atoms with Crippen LogP contribution in [-0.4, -0.2) is 18.6 Å². The standard InChI is InChI=1S/C21H21NO2/c1-2-24-21(23)20(22)13-15-7-9-17(10-8-15)19-12-11-16-5-3-4-6-18(16)14-19/h3-12,14,20H,2,13,22H2,1H3. The molecule has 1 atom stereocenters. The molecule has 0 saturated carbocycles. The highest BCUT2D eigenvalue weighted by Gasteiger charge is 2.14. The third-order valence-electron chi connectivity index (χ3n) is 4.08. The van der Waals surface area contributed by atoms with Gasteiger partial charge in [-0.15, -0.1) is 0 Å². The van der Waals surface area contributed by atoms with Crippen LogP contribution in [0.3, 0.4) is 0 Å². The molecule has 0 spiro atoms. The second kappa shape index (κ2) is 7.28. The molecule has 3 aromatic carbocycles. The van der Waals surface area contributed by atoms with Crippen LogP contribution in [0.5, 0.6) is 0 Å². The number of hydrogen-bond donors (Lipinski definition) is 1. The average molecular weight is 319 g/mol. The molecule has 0 aliphatic heterocycles. The van der Waals surface area contributed by atoms with Crippen molar-refractivity contribution in [3.63, 3.8) is 0 Å². The van der Waals surface area contributed by atoms with E-state index in [1.165, 1.54) is 16.3 Å². The van der Waals surface area contributed by atoms with Gasteiger partial charge in [-0.3, -0.25) is 4.79 Å². The van der Waals surface area contributed by atoms with Gasteiger partial charge >= 0.3 is 5.97 Å². The van der Waals surface area contributed by atoms with Crippen molar-refractivity contribution in [2.24, 2.45) is 5.73 Å². The van der Waals surface area contributed by atoms with Gasteiger partial charge in [0.2, 0.25) is 0 Å². The second-order valence-corrected chi connectivity index (χ2v) is 5.82. The first kappa shape index (κ1) is 16.2. The summed E-state index contributed by atoms with van der Waals surface area (Å²) in [4.78, 5) is 11.6. The Morgan fingerprint density at radius 1 is 0.958 bits per heavy atom. The molecule has 0 radical (unpaired) electrons. The molecule has 0 bridgehead atoms. The number of carbonyl (C=O) groups is 1. The van der Waals surface area contributed by atoms with Crippen molar-refractivity contribution in [1.82, 2.24) is 0 Å². The van der Waals surface area contributed by atoms with E-state index in [0.29, 0.717) is 13.0 Å². The molecule has 3 nitrogen and oxygen atoms in total. The number of hydrogen-bond acceptors (Lipinski definition) is 3. The molecule has 0 saturated heterocycles. The Morgan fingerprint density at radius 3 is 2.33 bits per heavy atom. The van der Waals surface area contributed by atoms with Gasteiger partial charge in [0.1, 0.15) is 6.04 Å². The zero-order valence-electron chi connectivity index (χ0n) is 13.7. The van der Waals surface area contributed by atoms with Gasteiger partial charge in [0.05, 0.1) is 6.61 Å². The van der Waals surface area contributed by atoms with Crippen LogP contribution in [0.2, 0.25) is 0 Å². The van der Waals surface area contributed by atoms with E-state index in [-0.39, 0.29) is 5.97 Å². The van der Waals surface area contributed by atoms with Gasteiger partial charge < -0.3 is 10.5 Å². The van der Waals surface area contributed by atoms with E-state index in [2.05, 4.69) is 42.5 Å². The summed E-state index contributed by atoms with van der Waals surface area (Å²) in [6, 6.07) is 22.3. The quantitative estimate of drug-likeness (QED) is 0.725. The molecule has 24 heavy (non-hydrogen) atoms. The molecule has 0 amide bonds. The lowest BCUT2D eigenvalue weighted by atomic mass is 9.99. The third kappa shape index (κ3) is 3.63. The normalized spacial score (nSPS) is 12.1. The fourth-order valence-corrected chi connectivity index (χ4v) is 2.79. The van der Waals surface area contributed by atoms with Gasteiger partial charge in [-0.05, 0) is 46.9 Å². The zero-order valence-corrected chi connectivity index (χ0v) is 13.7. The highest BCUT2D eigenvalue weighted by Crippen LogP contribution is 2.25. The molecule has 0 aliphatic carbocycles. The van der Waals surface area contributed by atoms with Crippen molar-refractivity contribution in [3.8, 4) is 11.1 Å². The molecule has 3 heteroatoms. The molecular weight excluding hydrogens is 298 g/mol. The van der Waals surface area contributed by atoms with E-state index < -0.39 is 6.04 Å². The summed E-state index contributed by atoms with van der Waals surface area (Å²) in [6.45, 7) is 2.14. The smallest absolute Gasteiger partial charge is 0.323 e. The molecule has 0 fully saturated rings. The van der Waals surface area contributed by atoms with Gasteiger partial charge in [0.15, 0.2) is 0 Å². The minimum atomic E-state index is -0.614. The number of ether oxygens (including phenoxy) is 1. The number of benzene rings is 3. The maximum absolute atomic E-state index is 11.6. The molecule has 0 heterocycles. The number of nitrogens with two attached hydrogens (primary N) is 1. The van der Waals surface area contributed by atoms with Crippen molar-refractivity contribution in [3.05, 3.63) is 72.3 Å². The van der Waals surface area contributed by atoms with Crippen molar-refractivity contribution in [2.45, 2.75) is 19.4 Å². The molecule has 0 aromatic heterocycles. The molecule has 3 rings (SSSR count). The first-order chi connectivity index (χ1) is 11.7. The average Bonchev–Trinajstić information content (AvgIpc) is 2.62. The van der Waals surface area contributed by atoms with E-state index in [1.54, 1.807) is 6.92 Å². The molecule has 122 valence electrons. The van der Waals surface area contributed by atoms with Gasteiger partial charge in [-0.25, -0.2) is 0 Å². The van der Waals surface area contributed by atoms with Gasteiger partial charge in [-0.2, -0.15) is 0 Å². The van der Waals surface area contributed by atoms with E-state index in [9.17, 15) is 4.79 Å². The molecule has 3 aromatic rings. The predicted octanol–water partition coefficient (Wildman–Crippen LogP) is 3.94. The maximum atomic E-state index is 11.6. The summed E-state index contributed by atoms with van der Waals surface area (Å²) in [5, 5.41) is 2.46. The van der Waals surface area contributed by atoms with Crippen LogP contribution < -0.4 is 5.73 Å². The Morgan fingerprint density at radius 2 is 1.62 bits per heavy atom. The highest BCUT2D eigenvalue weighted by atomic mass is 16.5. The van der Waals surface area contributed by atoms with Crippen LogP contribution in [0, 0.1) is 0 Å².